The van der Waals surface area contributed by atoms with Gasteiger partial charge in [0, 0.05) is 16.9 Å². The third-order valence-corrected chi connectivity index (χ3v) is 3.23. The standard InChI is InChI=1S/C11H14BrN5/c1-7-3-4-9(12)8(5-7)10(13)6-11-14-16-17(2)15-11/h3-5,10H,6,13H2,1-2H3. The number of nitrogens with two attached hydrogens (primary N) is 1. The van der Waals surface area contributed by atoms with Gasteiger partial charge in [-0.25, -0.2) is 0 Å². The number of halogens is 1. The highest BCUT2D eigenvalue weighted by Crippen LogP contribution is 2.24. The Labute approximate surface area is 108 Å². The fourth-order valence-corrected chi connectivity index (χ4v) is 2.20. The molecule has 1 aromatic heterocycles. The van der Waals surface area contributed by atoms with Crippen molar-refractivity contribution < 1.29 is 0 Å². The predicted molar refractivity (Wildman–Crippen MR) is 68.3 cm³/mol. The maximum Gasteiger partial charge on any atom is 0.176 e. The summed E-state index contributed by atoms with van der Waals surface area (Å²) in [4.78, 5) is 1.44. The molecule has 0 aliphatic rings. The van der Waals surface area contributed by atoms with Crippen molar-refractivity contribution in [3.05, 3.63) is 39.6 Å². The average Bonchev–Trinajstić information content (AvgIpc) is 2.67. The highest BCUT2D eigenvalue weighted by atomic mass is 79.9. The fourth-order valence-electron chi connectivity index (χ4n) is 1.66. The van der Waals surface area contributed by atoms with E-state index in [0.717, 1.165) is 10.0 Å². The minimum absolute atomic E-state index is 0.131. The van der Waals surface area contributed by atoms with Crippen LogP contribution in [0.4, 0.5) is 0 Å². The van der Waals surface area contributed by atoms with Crippen molar-refractivity contribution >= 4 is 15.9 Å². The summed E-state index contributed by atoms with van der Waals surface area (Å²) in [6.07, 6.45) is 0.579. The molecule has 90 valence electrons. The number of benzene rings is 1. The SMILES string of the molecule is Cc1ccc(Br)c(C(N)Cc2nnn(C)n2)c1. The Morgan fingerprint density at radius 1 is 1.47 bits per heavy atom. The summed E-state index contributed by atoms with van der Waals surface area (Å²) in [6.45, 7) is 2.04. The van der Waals surface area contributed by atoms with E-state index >= 15 is 0 Å². The molecule has 17 heavy (non-hydrogen) atoms. The molecule has 0 aliphatic carbocycles. The molecule has 0 spiro atoms. The van der Waals surface area contributed by atoms with Crippen LogP contribution in [-0.4, -0.2) is 20.2 Å². The lowest BCUT2D eigenvalue weighted by Gasteiger charge is -2.12. The van der Waals surface area contributed by atoms with E-state index in [1.54, 1.807) is 7.05 Å². The third-order valence-electron chi connectivity index (χ3n) is 2.50. The van der Waals surface area contributed by atoms with Gasteiger partial charge in [0.05, 0.1) is 7.05 Å². The highest BCUT2D eigenvalue weighted by molar-refractivity contribution is 9.10. The Morgan fingerprint density at radius 3 is 2.88 bits per heavy atom. The topological polar surface area (TPSA) is 69.6 Å². The molecule has 1 heterocycles. The number of hydrogen-bond donors (Lipinski definition) is 1. The van der Waals surface area contributed by atoms with Crippen molar-refractivity contribution in [1.82, 2.24) is 20.2 Å². The van der Waals surface area contributed by atoms with Gasteiger partial charge in [-0.3, -0.25) is 0 Å². The van der Waals surface area contributed by atoms with Crippen molar-refractivity contribution in [3.63, 3.8) is 0 Å². The van der Waals surface area contributed by atoms with Gasteiger partial charge in [0.1, 0.15) is 0 Å². The quantitative estimate of drug-likeness (QED) is 0.932. The Bertz CT molecular complexity index is 522. The average molecular weight is 296 g/mol. The van der Waals surface area contributed by atoms with Crippen LogP contribution in [-0.2, 0) is 13.5 Å². The minimum atomic E-state index is -0.131. The molecule has 6 heteroatoms. The molecule has 0 aliphatic heterocycles. The molecule has 5 nitrogen and oxygen atoms in total. The summed E-state index contributed by atoms with van der Waals surface area (Å²) in [6, 6.07) is 5.99. The predicted octanol–water partition coefficient (Wildman–Crippen LogP) is 1.52. The zero-order valence-corrected chi connectivity index (χ0v) is 11.3. The number of rotatable bonds is 3. The van der Waals surface area contributed by atoms with E-state index in [1.807, 2.05) is 19.1 Å². The van der Waals surface area contributed by atoms with Gasteiger partial charge in [-0.1, -0.05) is 33.6 Å². The van der Waals surface area contributed by atoms with Crippen LogP contribution in [0.15, 0.2) is 22.7 Å². The maximum atomic E-state index is 6.16. The number of nitrogens with zero attached hydrogens (tertiary/aromatic N) is 4. The van der Waals surface area contributed by atoms with Crippen LogP contribution in [0.3, 0.4) is 0 Å². The first-order valence-electron chi connectivity index (χ1n) is 5.31. The second-order valence-corrected chi connectivity index (χ2v) is 4.89. The molecule has 0 bridgehead atoms. The minimum Gasteiger partial charge on any atom is -0.324 e. The van der Waals surface area contributed by atoms with Crippen LogP contribution in [0.25, 0.3) is 0 Å². The molecule has 2 aromatic rings. The van der Waals surface area contributed by atoms with E-state index in [-0.39, 0.29) is 6.04 Å². The first kappa shape index (κ1) is 12.2. The van der Waals surface area contributed by atoms with Gasteiger partial charge in [0.15, 0.2) is 5.82 Å². The van der Waals surface area contributed by atoms with Gasteiger partial charge in [-0.15, -0.1) is 10.2 Å². The number of tetrazole rings is 1. The van der Waals surface area contributed by atoms with Crippen LogP contribution in [0.5, 0.6) is 0 Å². The number of aryl methyl sites for hydroxylation is 2. The van der Waals surface area contributed by atoms with E-state index in [0.29, 0.717) is 12.2 Å². The molecule has 0 radical (unpaired) electrons. The number of hydrogen-bond acceptors (Lipinski definition) is 4. The Kier molecular flexibility index (Phi) is 3.54. The summed E-state index contributed by atoms with van der Waals surface area (Å²) in [5, 5.41) is 11.9. The zero-order chi connectivity index (χ0) is 12.4. The van der Waals surface area contributed by atoms with Gasteiger partial charge >= 0.3 is 0 Å². The third kappa shape index (κ3) is 2.89. The lowest BCUT2D eigenvalue weighted by Crippen LogP contribution is -2.15. The lowest BCUT2D eigenvalue weighted by atomic mass is 10.0. The monoisotopic (exact) mass is 295 g/mol. The maximum absolute atomic E-state index is 6.16. The van der Waals surface area contributed by atoms with E-state index in [2.05, 4.69) is 37.4 Å². The van der Waals surface area contributed by atoms with E-state index in [9.17, 15) is 0 Å². The summed E-state index contributed by atoms with van der Waals surface area (Å²) in [5.74, 6) is 0.661. The Hall–Kier alpha value is -1.27. The molecule has 1 aromatic carbocycles. The summed E-state index contributed by atoms with van der Waals surface area (Å²) in [7, 11) is 1.74. The van der Waals surface area contributed by atoms with Crippen molar-refractivity contribution in [2.75, 3.05) is 0 Å². The zero-order valence-electron chi connectivity index (χ0n) is 9.76. The molecule has 0 fully saturated rings. The molecule has 0 amide bonds. The summed E-state index contributed by atoms with van der Waals surface area (Å²) < 4.78 is 1.01. The molecule has 1 atom stereocenters. The van der Waals surface area contributed by atoms with Crippen LogP contribution in [0.1, 0.15) is 23.0 Å². The molecule has 0 saturated carbocycles. The van der Waals surface area contributed by atoms with Crippen LogP contribution in [0, 0.1) is 6.92 Å². The van der Waals surface area contributed by atoms with Crippen molar-refractivity contribution in [2.24, 2.45) is 12.8 Å². The molecular formula is C11H14BrN5. The summed E-state index contributed by atoms with van der Waals surface area (Å²) >= 11 is 3.51. The Balaban J connectivity index is 2.19. The van der Waals surface area contributed by atoms with Crippen molar-refractivity contribution in [1.29, 1.82) is 0 Å². The Morgan fingerprint density at radius 2 is 2.24 bits per heavy atom. The molecule has 2 rings (SSSR count). The van der Waals surface area contributed by atoms with Gasteiger partial charge in [-0.05, 0) is 23.8 Å². The first-order chi connectivity index (χ1) is 8.06. The molecular weight excluding hydrogens is 282 g/mol. The second-order valence-electron chi connectivity index (χ2n) is 4.03. The number of aromatic nitrogens is 4. The van der Waals surface area contributed by atoms with Crippen LogP contribution >= 0.6 is 15.9 Å². The van der Waals surface area contributed by atoms with Crippen molar-refractivity contribution in [2.45, 2.75) is 19.4 Å². The molecule has 1 unspecified atom stereocenters. The van der Waals surface area contributed by atoms with Gasteiger partial charge < -0.3 is 5.73 Å². The van der Waals surface area contributed by atoms with E-state index in [4.69, 9.17) is 5.73 Å². The van der Waals surface area contributed by atoms with E-state index < -0.39 is 0 Å². The first-order valence-corrected chi connectivity index (χ1v) is 6.10. The van der Waals surface area contributed by atoms with Gasteiger partial charge in [0.2, 0.25) is 0 Å². The van der Waals surface area contributed by atoms with Crippen LogP contribution < -0.4 is 5.73 Å². The fraction of sp³-hybridized carbons (Fsp3) is 0.364. The normalized spacial score (nSPS) is 12.7. The van der Waals surface area contributed by atoms with Gasteiger partial charge in [0.25, 0.3) is 0 Å². The lowest BCUT2D eigenvalue weighted by molar-refractivity contribution is 0.622. The van der Waals surface area contributed by atoms with Crippen molar-refractivity contribution in [3.8, 4) is 0 Å². The van der Waals surface area contributed by atoms with Crippen LogP contribution in [0.2, 0.25) is 0 Å². The smallest absolute Gasteiger partial charge is 0.176 e. The summed E-state index contributed by atoms with van der Waals surface area (Å²) in [5.41, 5.74) is 8.41. The van der Waals surface area contributed by atoms with E-state index in [1.165, 1.54) is 10.4 Å². The molecule has 2 N–H and O–H groups in total. The largest absolute Gasteiger partial charge is 0.324 e. The second kappa shape index (κ2) is 4.93. The highest BCUT2D eigenvalue weighted by Gasteiger charge is 2.13. The van der Waals surface area contributed by atoms with Gasteiger partial charge in [-0.2, -0.15) is 4.80 Å². The molecule has 0 saturated heterocycles.